The van der Waals surface area contributed by atoms with Crippen molar-refractivity contribution >= 4 is 39.4 Å². The lowest BCUT2D eigenvalue weighted by Gasteiger charge is -2.41. The van der Waals surface area contributed by atoms with E-state index in [1.54, 1.807) is 43.3 Å². The number of carbonyl (C=O) groups is 2. The fourth-order valence-electron chi connectivity index (χ4n) is 4.36. The maximum absolute atomic E-state index is 14.4. The number of carbonyl (C=O) groups excluding carboxylic acids is 2. The van der Waals surface area contributed by atoms with Crippen molar-refractivity contribution in [3.8, 4) is 0 Å². The van der Waals surface area contributed by atoms with Crippen molar-refractivity contribution in [1.29, 1.82) is 0 Å². The number of nitrogens with one attached hydrogen (secondary N) is 2. The van der Waals surface area contributed by atoms with Crippen LogP contribution in [0.5, 0.6) is 0 Å². The highest BCUT2D eigenvalue weighted by molar-refractivity contribution is 8.18. The molecule has 192 valence electrons. The molecule has 10 nitrogen and oxygen atoms in total. The van der Waals surface area contributed by atoms with Gasteiger partial charge in [-0.2, -0.15) is 5.10 Å². The number of amides is 3. The van der Waals surface area contributed by atoms with Gasteiger partial charge < -0.3 is 10.2 Å². The van der Waals surface area contributed by atoms with E-state index < -0.39 is 44.6 Å². The molecule has 13 heteroatoms. The van der Waals surface area contributed by atoms with Gasteiger partial charge in [0.2, 0.25) is 15.9 Å². The van der Waals surface area contributed by atoms with E-state index in [0.29, 0.717) is 16.8 Å². The summed E-state index contributed by atoms with van der Waals surface area (Å²) in [6.07, 6.45) is 6.20. The molecule has 2 atom stereocenters. The van der Waals surface area contributed by atoms with Crippen LogP contribution in [0.25, 0.3) is 0 Å². The second kappa shape index (κ2) is 8.89. The van der Waals surface area contributed by atoms with Gasteiger partial charge in [-0.1, -0.05) is 17.8 Å². The molecular formula is C23H27FN6O4S2. The SMILES string of the molecule is CNc1ccc(CN2C(=O)N(Cc3cnn(C)c3)C(=O)C3C=C(S(=O)(=O)NC4(C)CC4)SC32)cc1F. The van der Waals surface area contributed by atoms with Crippen molar-refractivity contribution in [2.24, 2.45) is 13.0 Å². The number of benzene rings is 1. The smallest absolute Gasteiger partial charge is 0.328 e. The van der Waals surface area contributed by atoms with Gasteiger partial charge in [0.05, 0.1) is 24.3 Å². The molecule has 1 aromatic heterocycles. The Kier molecular flexibility index (Phi) is 6.12. The van der Waals surface area contributed by atoms with Crippen molar-refractivity contribution in [2.45, 2.75) is 43.8 Å². The molecule has 2 aromatic rings. The van der Waals surface area contributed by atoms with Crippen LogP contribution >= 0.6 is 11.8 Å². The molecule has 3 heterocycles. The van der Waals surface area contributed by atoms with Crippen LogP contribution in [0.15, 0.2) is 40.9 Å². The van der Waals surface area contributed by atoms with Gasteiger partial charge in [0.25, 0.3) is 0 Å². The first kappa shape index (κ1) is 24.8. The largest absolute Gasteiger partial charge is 0.386 e. The summed E-state index contributed by atoms with van der Waals surface area (Å²) in [7, 11) is -0.515. The zero-order valence-electron chi connectivity index (χ0n) is 20.1. The molecule has 1 saturated heterocycles. The number of rotatable bonds is 8. The number of halogens is 1. The van der Waals surface area contributed by atoms with Crippen molar-refractivity contribution in [3.05, 3.63) is 57.9 Å². The van der Waals surface area contributed by atoms with Crippen LogP contribution in [-0.4, -0.2) is 57.9 Å². The Balaban J connectivity index is 1.47. The molecule has 0 bridgehead atoms. The highest BCUT2D eigenvalue weighted by Crippen LogP contribution is 2.46. The van der Waals surface area contributed by atoms with Crippen LogP contribution in [0.4, 0.5) is 14.9 Å². The fraction of sp³-hybridized carbons (Fsp3) is 0.435. The molecule has 2 aliphatic heterocycles. The summed E-state index contributed by atoms with van der Waals surface area (Å²) in [4.78, 5) is 29.6. The lowest BCUT2D eigenvalue weighted by molar-refractivity contribution is -0.135. The number of aryl methyl sites for hydroxylation is 1. The summed E-state index contributed by atoms with van der Waals surface area (Å²) in [6, 6.07) is 4.03. The highest BCUT2D eigenvalue weighted by atomic mass is 32.3. The van der Waals surface area contributed by atoms with Crippen LogP contribution in [0.2, 0.25) is 0 Å². The number of aromatic nitrogens is 2. The van der Waals surface area contributed by atoms with E-state index in [0.717, 1.165) is 29.5 Å². The van der Waals surface area contributed by atoms with Crippen molar-refractivity contribution < 1.29 is 22.4 Å². The van der Waals surface area contributed by atoms with Gasteiger partial charge in [-0.15, -0.1) is 0 Å². The average Bonchev–Trinajstić information content (AvgIpc) is 3.20. The number of fused-ring (bicyclic) bond motifs is 1. The van der Waals surface area contributed by atoms with E-state index >= 15 is 0 Å². The normalized spacial score (nSPS) is 23.1. The molecule has 1 aliphatic carbocycles. The lowest BCUT2D eigenvalue weighted by atomic mass is 10.0. The second-order valence-electron chi connectivity index (χ2n) is 9.61. The van der Waals surface area contributed by atoms with E-state index in [2.05, 4.69) is 15.1 Å². The molecule has 2 fully saturated rings. The Hall–Kier alpha value is -2.90. The molecule has 2 N–H and O–H groups in total. The third-order valence-electron chi connectivity index (χ3n) is 6.60. The van der Waals surface area contributed by atoms with Crippen molar-refractivity contribution in [2.75, 3.05) is 12.4 Å². The third kappa shape index (κ3) is 4.62. The lowest BCUT2D eigenvalue weighted by Crippen LogP contribution is -2.58. The Bertz CT molecular complexity index is 1370. The third-order valence-corrected chi connectivity index (χ3v) is 10.1. The summed E-state index contributed by atoms with van der Waals surface area (Å²) in [6.45, 7) is 1.84. The van der Waals surface area contributed by atoms with Gasteiger partial charge in [-0.3, -0.25) is 14.4 Å². The number of hydrogen-bond acceptors (Lipinski definition) is 7. The van der Waals surface area contributed by atoms with Gasteiger partial charge in [-0.25, -0.2) is 22.3 Å². The molecule has 2 unspecified atom stereocenters. The first-order chi connectivity index (χ1) is 17.0. The highest BCUT2D eigenvalue weighted by Gasteiger charge is 2.52. The topological polar surface area (TPSA) is 117 Å². The van der Waals surface area contributed by atoms with E-state index in [-0.39, 0.29) is 17.3 Å². The molecule has 3 aliphatic rings. The molecule has 1 saturated carbocycles. The van der Waals surface area contributed by atoms with Crippen LogP contribution in [0.1, 0.15) is 30.9 Å². The van der Waals surface area contributed by atoms with Crippen LogP contribution in [-0.2, 0) is 35.0 Å². The van der Waals surface area contributed by atoms with Gasteiger partial charge >= 0.3 is 6.03 Å². The van der Waals surface area contributed by atoms with Gasteiger partial charge in [0.15, 0.2) is 0 Å². The minimum Gasteiger partial charge on any atom is -0.386 e. The van der Waals surface area contributed by atoms with E-state index in [1.807, 2.05) is 6.92 Å². The van der Waals surface area contributed by atoms with Crippen molar-refractivity contribution in [3.63, 3.8) is 0 Å². The number of sulfonamides is 1. The maximum atomic E-state index is 14.4. The summed E-state index contributed by atoms with van der Waals surface area (Å²) in [5.74, 6) is -1.80. The first-order valence-corrected chi connectivity index (χ1v) is 13.8. The first-order valence-electron chi connectivity index (χ1n) is 11.5. The number of thioether (sulfide) groups is 1. The molecule has 36 heavy (non-hydrogen) atoms. The van der Waals surface area contributed by atoms with Crippen LogP contribution < -0.4 is 10.0 Å². The second-order valence-corrected chi connectivity index (χ2v) is 12.7. The molecule has 3 amide bonds. The number of urea groups is 1. The summed E-state index contributed by atoms with van der Waals surface area (Å²) >= 11 is 0.975. The Morgan fingerprint density at radius 3 is 2.58 bits per heavy atom. The van der Waals surface area contributed by atoms with E-state index in [1.165, 1.54) is 17.0 Å². The number of nitrogens with zero attached hydrogens (tertiary/aromatic N) is 4. The van der Waals surface area contributed by atoms with Crippen LogP contribution in [0, 0.1) is 11.7 Å². The number of anilines is 1. The quantitative estimate of drug-likeness (QED) is 0.535. The standard InChI is InChI=1S/C23H27FN6O4S2/c1-23(6-7-23)27-36(33,34)19-9-16-20(31)29(13-15-10-26-28(3)11-15)22(32)30(21(16)35-19)12-14-4-5-18(25-2)17(24)8-14/h4-5,8-11,16,21,25,27H,6-7,12-13H2,1-3H3. The predicted octanol–water partition coefficient (Wildman–Crippen LogP) is 2.57. The fourth-order valence-corrected chi connectivity index (χ4v) is 7.67. The van der Waals surface area contributed by atoms with Crippen molar-refractivity contribution in [1.82, 2.24) is 24.3 Å². The monoisotopic (exact) mass is 534 g/mol. The maximum Gasteiger partial charge on any atom is 0.328 e. The zero-order valence-corrected chi connectivity index (χ0v) is 21.7. The minimum absolute atomic E-state index is 0.00477. The van der Waals surface area contributed by atoms with E-state index in [4.69, 9.17) is 0 Å². The average molecular weight is 535 g/mol. The predicted molar refractivity (Wildman–Crippen MR) is 133 cm³/mol. The molecule has 5 rings (SSSR count). The molecule has 1 aromatic carbocycles. The molecular weight excluding hydrogens is 507 g/mol. The summed E-state index contributed by atoms with van der Waals surface area (Å²) in [5, 5.41) is 6.09. The number of imide groups is 1. The molecule has 0 spiro atoms. The Morgan fingerprint density at radius 2 is 1.97 bits per heavy atom. The molecule has 0 radical (unpaired) electrons. The summed E-state index contributed by atoms with van der Waals surface area (Å²) < 4.78 is 44.9. The number of hydrogen-bond donors (Lipinski definition) is 2. The Labute approximate surface area is 212 Å². The zero-order chi connectivity index (χ0) is 25.8. The van der Waals surface area contributed by atoms with Gasteiger partial charge in [0, 0.05) is 37.9 Å². The van der Waals surface area contributed by atoms with Crippen LogP contribution in [0.3, 0.4) is 0 Å². The van der Waals surface area contributed by atoms with E-state index in [9.17, 15) is 22.4 Å². The van der Waals surface area contributed by atoms with Gasteiger partial charge in [0.1, 0.15) is 15.4 Å². The summed E-state index contributed by atoms with van der Waals surface area (Å²) in [5.41, 5.74) is 1.02. The Morgan fingerprint density at radius 1 is 1.22 bits per heavy atom. The minimum atomic E-state index is -3.86. The van der Waals surface area contributed by atoms with Gasteiger partial charge in [-0.05, 0) is 43.5 Å².